The highest BCUT2D eigenvalue weighted by molar-refractivity contribution is 5.47. The molecule has 2 heteroatoms. The van der Waals surface area contributed by atoms with Gasteiger partial charge in [0.25, 0.3) is 0 Å². The third-order valence-electron chi connectivity index (χ3n) is 1.65. The van der Waals surface area contributed by atoms with Gasteiger partial charge >= 0.3 is 0 Å². The Hall–Kier alpha value is -1.02. The molecule has 0 spiro atoms. The molecule has 0 atom stereocenters. The molecule has 0 saturated carbocycles. The zero-order chi connectivity index (χ0) is 8.27. The highest BCUT2D eigenvalue weighted by Gasteiger charge is 1.96. The van der Waals surface area contributed by atoms with Gasteiger partial charge in [-0.1, -0.05) is 12.1 Å². The zero-order valence-electron chi connectivity index (χ0n) is 6.91. The van der Waals surface area contributed by atoms with Crippen LogP contribution in [0.3, 0.4) is 0 Å². The molecule has 0 unspecified atom stereocenters. The number of benzene rings is 1. The van der Waals surface area contributed by atoms with Gasteiger partial charge in [-0.2, -0.15) is 0 Å². The Morgan fingerprint density at radius 2 is 2.18 bits per heavy atom. The summed E-state index contributed by atoms with van der Waals surface area (Å²) in [6, 6.07) is 8.03. The smallest absolute Gasteiger partial charge is 0.115 e. The van der Waals surface area contributed by atoms with Crippen LogP contribution in [0, 0.1) is 6.92 Å². The van der Waals surface area contributed by atoms with Crippen LogP contribution in [0.1, 0.15) is 5.56 Å². The van der Waals surface area contributed by atoms with Crippen LogP contribution in [0.25, 0.3) is 0 Å². The Kier molecular flexibility index (Phi) is 2.49. The summed E-state index contributed by atoms with van der Waals surface area (Å²) in [5.41, 5.74) is 2.26. The predicted octanol–water partition coefficient (Wildman–Crippen LogP) is 1.38. The summed E-state index contributed by atoms with van der Waals surface area (Å²) in [7, 11) is 1.86. The average molecular weight is 151 g/mol. The number of rotatable bonds is 2. The molecule has 0 aromatic heterocycles. The lowest BCUT2D eigenvalue weighted by atomic mass is 10.2. The largest absolute Gasteiger partial charge is 0.376 e. The maximum absolute atomic E-state index is 8.81. The molecule has 0 fully saturated rings. The minimum atomic E-state index is 0.0590. The van der Waals surface area contributed by atoms with Crippen molar-refractivity contribution >= 4 is 5.69 Å². The molecular formula is C9H13NO. The number of hydrogen-bond acceptors (Lipinski definition) is 2. The molecule has 0 bridgehead atoms. The summed E-state index contributed by atoms with van der Waals surface area (Å²) in [6.45, 7) is 2.10. The first-order chi connectivity index (χ1) is 5.24. The lowest BCUT2D eigenvalue weighted by Crippen LogP contribution is -2.17. The number of aryl methyl sites for hydroxylation is 1. The van der Waals surface area contributed by atoms with Crippen molar-refractivity contribution in [2.24, 2.45) is 0 Å². The van der Waals surface area contributed by atoms with Crippen LogP contribution in [0.4, 0.5) is 5.69 Å². The highest BCUT2D eigenvalue weighted by atomic mass is 16.3. The first kappa shape index (κ1) is 8.08. The van der Waals surface area contributed by atoms with E-state index in [0.717, 1.165) is 5.69 Å². The fourth-order valence-electron chi connectivity index (χ4n) is 0.947. The average Bonchev–Trinajstić information content (AvgIpc) is 2.03. The van der Waals surface area contributed by atoms with E-state index in [1.807, 2.05) is 38.2 Å². The lowest BCUT2D eigenvalue weighted by Gasteiger charge is -2.15. The van der Waals surface area contributed by atoms with Gasteiger partial charge in [-0.25, -0.2) is 0 Å². The third-order valence-corrected chi connectivity index (χ3v) is 1.65. The highest BCUT2D eigenvalue weighted by Crippen LogP contribution is 2.12. The topological polar surface area (TPSA) is 23.5 Å². The van der Waals surface area contributed by atoms with Gasteiger partial charge in [0, 0.05) is 12.7 Å². The molecule has 0 aliphatic rings. The van der Waals surface area contributed by atoms with Crippen molar-refractivity contribution in [2.75, 3.05) is 18.7 Å². The van der Waals surface area contributed by atoms with Crippen molar-refractivity contribution in [1.82, 2.24) is 0 Å². The Labute approximate surface area is 67.1 Å². The van der Waals surface area contributed by atoms with Gasteiger partial charge in [0.2, 0.25) is 0 Å². The molecule has 0 heterocycles. The minimum Gasteiger partial charge on any atom is -0.376 e. The van der Waals surface area contributed by atoms with Crippen molar-refractivity contribution in [3.63, 3.8) is 0 Å². The lowest BCUT2D eigenvalue weighted by molar-refractivity contribution is 0.298. The predicted molar refractivity (Wildman–Crippen MR) is 46.7 cm³/mol. The number of anilines is 1. The Bertz CT molecular complexity index is 235. The van der Waals surface area contributed by atoms with E-state index in [4.69, 9.17) is 5.11 Å². The summed E-state index contributed by atoms with van der Waals surface area (Å²) >= 11 is 0. The van der Waals surface area contributed by atoms with Gasteiger partial charge in [0.05, 0.1) is 0 Å². The molecule has 0 aliphatic heterocycles. The van der Waals surface area contributed by atoms with E-state index in [0.29, 0.717) is 0 Å². The fourth-order valence-corrected chi connectivity index (χ4v) is 0.947. The van der Waals surface area contributed by atoms with Crippen LogP contribution in [0.15, 0.2) is 24.3 Å². The van der Waals surface area contributed by atoms with Crippen molar-refractivity contribution in [3.8, 4) is 0 Å². The first-order valence-electron chi connectivity index (χ1n) is 3.62. The summed E-state index contributed by atoms with van der Waals surface area (Å²) in [4.78, 5) is 1.78. The maximum atomic E-state index is 8.81. The number of hydrogen-bond donors (Lipinski definition) is 1. The third kappa shape index (κ3) is 1.95. The summed E-state index contributed by atoms with van der Waals surface area (Å²) in [5.74, 6) is 0. The van der Waals surface area contributed by atoms with Crippen LogP contribution >= 0.6 is 0 Å². The normalized spacial score (nSPS) is 9.73. The van der Waals surface area contributed by atoms with Crippen LogP contribution in [-0.2, 0) is 0 Å². The van der Waals surface area contributed by atoms with Crippen molar-refractivity contribution < 1.29 is 5.11 Å². The maximum Gasteiger partial charge on any atom is 0.115 e. The van der Waals surface area contributed by atoms with E-state index < -0.39 is 0 Å². The summed E-state index contributed by atoms with van der Waals surface area (Å²) < 4.78 is 0. The van der Waals surface area contributed by atoms with Gasteiger partial charge in [0.1, 0.15) is 6.73 Å². The van der Waals surface area contributed by atoms with E-state index >= 15 is 0 Å². The molecule has 11 heavy (non-hydrogen) atoms. The van der Waals surface area contributed by atoms with E-state index in [1.165, 1.54) is 5.56 Å². The summed E-state index contributed by atoms with van der Waals surface area (Å²) in [5, 5.41) is 8.81. The van der Waals surface area contributed by atoms with Crippen LogP contribution in [-0.4, -0.2) is 18.9 Å². The van der Waals surface area contributed by atoms with Gasteiger partial charge in [-0.15, -0.1) is 0 Å². The number of nitrogens with zero attached hydrogens (tertiary/aromatic N) is 1. The molecule has 1 rings (SSSR count). The molecule has 0 amide bonds. The molecule has 1 aromatic carbocycles. The van der Waals surface area contributed by atoms with Gasteiger partial charge in [-0.05, 0) is 24.6 Å². The molecule has 2 nitrogen and oxygen atoms in total. The Morgan fingerprint density at radius 1 is 1.45 bits per heavy atom. The summed E-state index contributed by atoms with van der Waals surface area (Å²) in [6.07, 6.45) is 0. The molecule has 0 saturated heterocycles. The molecule has 1 aromatic rings. The standard InChI is InChI=1S/C9H13NO/c1-8-4-3-5-9(6-8)10(2)7-11/h3-6,11H,7H2,1-2H3. The van der Waals surface area contributed by atoms with Gasteiger partial charge in [-0.3, -0.25) is 0 Å². The van der Waals surface area contributed by atoms with Gasteiger partial charge in [0.15, 0.2) is 0 Å². The molecule has 0 aliphatic carbocycles. The Balaban J connectivity index is 2.86. The van der Waals surface area contributed by atoms with Crippen LogP contribution < -0.4 is 4.90 Å². The SMILES string of the molecule is Cc1cccc(N(C)CO)c1. The van der Waals surface area contributed by atoms with Crippen molar-refractivity contribution in [3.05, 3.63) is 29.8 Å². The van der Waals surface area contributed by atoms with Crippen LogP contribution in [0.5, 0.6) is 0 Å². The van der Waals surface area contributed by atoms with Gasteiger partial charge < -0.3 is 10.0 Å². The Morgan fingerprint density at radius 3 is 2.73 bits per heavy atom. The molecule has 0 radical (unpaired) electrons. The zero-order valence-corrected chi connectivity index (χ0v) is 6.91. The number of aliphatic hydroxyl groups excluding tert-OH is 1. The molecule has 60 valence electrons. The van der Waals surface area contributed by atoms with E-state index in [-0.39, 0.29) is 6.73 Å². The monoisotopic (exact) mass is 151 g/mol. The van der Waals surface area contributed by atoms with E-state index in [9.17, 15) is 0 Å². The minimum absolute atomic E-state index is 0.0590. The first-order valence-corrected chi connectivity index (χ1v) is 3.62. The van der Waals surface area contributed by atoms with Crippen molar-refractivity contribution in [2.45, 2.75) is 6.92 Å². The second-order valence-corrected chi connectivity index (χ2v) is 2.68. The van der Waals surface area contributed by atoms with E-state index in [2.05, 4.69) is 0 Å². The number of aliphatic hydroxyl groups is 1. The molecular weight excluding hydrogens is 138 g/mol. The second kappa shape index (κ2) is 3.39. The van der Waals surface area contributed by atoms with Crippen molar-refractivity contribution in [1.29, 1.82) is 0 Å². The quantitative estimate of drug-likeness (QED) is 0.645. The second-order valence-electron chi connectivity index (χ2n) is 2.68. The molecule has 1 N–H and O–H groups in total. The van der Waals surface area contributed by atoms with Crippen LogP contribution in [0.2, 0.25) is 0 Å². The fraction of sp³-hybridized carbons (Fsp3) is 0.333. The van der Waals surface area contributed by atoms with E-state index in [1.54, 1.807) is 4.90 Å².